The molecule has 1 saturated carbocycles. The van der Waals surface area contributed by atoms with Crippen LogP contribution in [0.15, 0.2) is 77.9 Å². The second-order valence-electron chi connectivity index (χ2n) is 9.45. The molecule has 7 rings (SSSR count). The van der Waals surface area contributed by atoms with Gasteiger partial charge < -0.3 is 14.2 Å². The second-order valence-corrected chi connectivity index (χ2v) is 9.45. The summed E-state index contributed by atoms with van der Waals surface area (Å²) in [4.78, 5) is 0. The summed E-state index contributed by atoms with van der Waals surface area (Å²) in [6.45, 7) is 0.285. The predicted octanol–water partition coefficient (Wildman–Crippen LogP) is 6.01. The van der Waals surface area contributed by atoms with Gasteiger partial charge in [-0.1, -0.05) is 48.5 Å². The Labute approximate surface area is 193 Å². The second kappa shape index (κ2) is 7.27. The Kier molecular flexibility index (Phi) is 4.20. The fourth-order valence-corrected chi connectivity index (χ4v) is 5.94. The largest absolute Gasteiger partial charge is 0.466 e. The maximum atomic E-state index is 6.79. The van der Waals surface area contributed by atoms with E-state index in [-0.39, 0.29) is 18.6 Å². The summed E-state index contributed by atoms with van der Waals surface area (Å²) < 4.78 is 17.9. The summed E-state index contributed by atoms with van der Waals surface area (Å²) >= 11 is 0. The molecule has 4 aliphatic rings. The molecule has 3 aromatic carbocycles. The number of rotatable bonds is 2. The smallest absolute Gasteiger partial charge is 0.231 e. The van der Waals surface area contributed by atoms with E-state index in [9.17, 15) is 0 Å². The Balaban J connectivity index is 1.24. The lowest BCUT2D eigenvalue weighted by Crippen LogP contribution is -2.55. The molecule has 1 fully saturated rings. The zero-order valence-electron chi connectivity index (χ0n) is 18.4. The van der Waals surface area contributed by atoms with E-state index < -0.39 is 0 Å². The third kappa shape index (κ3) is 3.02. The van der Waals surface area contributed by atoms with E-state index in [4.69, 9.17) is 19.3 Å². The van der Waals surface area contributed by atoms with Crippen molar-refractivity contribution in [2.45, 2.75) is 49.8 Å². The first kappa shape index (κ1) is 19.0. The zero-order valence-corrected chi connectivity index (χ0v) is 18.4. The van der Waals surface area contributed by atoms with Crippen LogP contribution in [0.3, 0.4) is 0 Å². The normalized spacial score (nSPS) is 27.0. The summed E-state index contributed by atoms with van der Waals surface area (Å²) in [6, 6.07) is 25.7. The van der Waals surface area contributed by atoms with Crippen molar-refractivity contribution >= 4 is 5.71 Å². The van der Waals surface area contributed by atoms with Crippen molar-refractivity contribution in [2.75, 3.05) is 6.79 Å². The molecule has 3 heterocycles. The van der Waals surface area contributed by atoms with E-state index in [2.05, 4.69) is 71.7 Å². The highest BCUT2D eigenvalue weighted by atomic mass is 16.7. The molecule has 1 aliphatic carbocycles. The van der Waals surface area contributed by atoms with Gasteiger partial charge in [-0.25, -0.2) is 5.01 Å². The van der Waals surface area contributed by atoms with E-state index in [1.165, 1.54) is 11.1 Å². The molecular formula is C28H26N2O3. The molecule has 3 aliphatic heterocycles. The number of hydrogen-bond acceptors (Lipinski definition) is 5. The van der Waals surface area contributed by atoms with Gasteiger partial charge in [0, 0.05) is 30.4 Å². The number of hydrogen-bond donors (Lipinski definition) is 0. The Hall–Kier alpha value is -3.47. The summed E-state index contributed by atoms with van der Waals surface area (Å²) in [5.41, 5.74) is 4.46. The third-order valence-corrected chi connectivity index (χ3v) is 7.65. The molecular weight excluding hydrogens is 412 g/mol. The van der Waals surface area contributed by atoms with Crippen molar-refractivity contribution in [1.82, 2.24) is 5.01 Å². The molecule has 33 heavy (non-hydrogen) atoms. The molecule has 0 amide bonds. The quantitative estimate of drug-likeness (QED) is 0.491. The fourth-order valence-electron chi connectivity index (χ4n) is 5.94. The van der Waals surface area contributed by atoms with Crippen LogP contribution in [0.5, 0.6) is 17.2 Å². The van der Waals surface area contributed by atoms with Crippen LogP contribution >= 0.6 is 0 Å². The van der Waals surface area contributed by atoms with Gasteiger partial charge >= 0.3 is 0 Å². The van der Waals surface area contributed by atoms with Crippen molar-refractivity contribution in [2.24, 2.45) is 5.10 Å². The lowest BCUT2D eigenvalue weighted by Gasteiger charge is -2.50. The van der Waals surface area contributed by atoms with Gasteiger partial charge in [0.2, 0.25) is 6.79 Å². The first-order valence-electron chi connectivity index (χ1n) is 11.9. The van der Waals surface area contributed by atoms with Crippen molar-refractivity contribution in [3.05, 3.63) is 89.5 Å². The van der Waals surface area contributed by atoms with Gasteiger partial charge in [0.1, 0.15) is 5.75 Å². The summed E-state index contributed by atoms with van der Waals surface area (Å²) in [5, 5.41) is 7.50. The summed E-state index contributed by atoms with van der Waals surface area (Å²) in [7, 11) is 0. The minimum atomic E-state index is -0.387. The Morgan fingerprint density at radius 1 is 0.818 bits per heavy atom. The highest BCUT2D eigenvalue weighted by Gasteiger charge is 2.52. The van der Waals surface area contributed by atoms with Crippen molar-refractivity contribution in [3.63, 3.8) is 0 Å². The minimum absolute atomic E-state index is 0.198. The molecule has 0 N–H and O–H groups in total. The number of ether oxygens (including phenoxy) is 3. The number of hydrazone groups is 1. The molecule has 5 heteroatoms. The number of nitrogens with zero attached hydrogens (tertiary/aromatic N) is 2. The van der Waals surface area contributed by atoms with E-state index in [0.717, 1.165) is 60.6 Å². The van der Waals surface area contributed by atoms with Gasteiger partial charge in [0.05, 0.1) is 11.8 Å². The van der Waals surface area contributed by atoms with Crippen LogP contribution in [-0.2, 0) is 0 Å². The first-order chi connectivity index (χ1) is 16.3. The maximum absolute atomic E-state index is 6.79. The molecule has 0 unspecified atom stereocenters. The third-order valence-electron chi connectivity index (χ3n) is 7.65. The maximum Gasteiger partial charge on any atom is 0.231 e. The Bertz CT molecular complexity index is 1230. The van der Waals surface area contributed by atoms with E-state index in [0.29, 0.717) is 5.92 Å². The average molecular weight is 439 g/mol. The van der Waals surface area contributed by atoms with E-state index in [1.54, 1.807) is 0 Å². The lowest BCUT2D eigenvalue weighted by atomic mass is 9.78. The summed E-state index contributed by atoms with van der Waals surface area (Å²) in [5.74, 6) is 3.20. The SMILES string of the molecule is c1ccc(C2CCC3(CC2)Oc2ccccc2[C@H]2CC(c4ccc5c(c4)OCO5)=NN23)cc1. The molecule has 0 aromatic heterocycles. The highest BCUT2D eigenvalue weighted by Crippen LogP contribution is 2.53. The van der Waals surface area contributed by atoms with Gasteiger partial charge in [-0.2, -0.15) is 5.10 Å². The fraction of sp³-hybridized carbons (Fsp3) is 0.321. The summed E-state index contributed by atoms with van der Waals surface area (Å²) in [6.07, 6.45) is 5.00. The topological polar surface area (TPSA) is 43.3 Å². The molecule has 5 nitrogen and oxygen atoms in total. The average Bonchev–Trinajstić information content (AvgIpc) is 3.53. The predicted molar refractivity (Wildman–Crippen MR) is 126 cm³/mol. The highest BCUT2D eigenvalue weighted by molar-refractivity contribution is 6.02. The molecule has 3 aromatic rings. The molecule has 0 radical (unpaired) electrons. The Morgan fingerprint density at radius 3 is 2.48 bits per heavy atom. The molecule has 1 spiro atoms. The van der Waals surface area contributed by atoms with Gasteiger partial charge in [-0.3, -0.25) is 0 Å². The van der Waals surface area contributed by atoms with Gasteiger partial charge in [0.25, 0.3) is 0 Å². The number of benzene rings is 3. The zero-order chi connectivity index (χ0) is 21.8. The van der Waals surface area contributed by atoms with Gasteiger partial charge in [-0.15, -0.1) is 0 Å². The molecule has 0 bridgehead atoms. The van der Waals surface area contributed by atoms with Crippen LogP contribution in [0.2, 0.25) is 0 Å². The molecule has 0 saturated heterocycles. The Morgan fingerprint density at radius 2 is 1.61 bits per heavy atom. The van der Waals surface area contributed by atoms with Gasteiger partial charge in [0.15, 0.2) is 17.2 Å². The minimum Gasteiger partial charge on any atom is -0.466 e. The van der Waals surface area contributed by atoms with E-state index in [1.807, 2.05) is 6.07 Å². The van der Waals surface area contributed by atoms with E-state index >= 15 is 0 Å². The first-order valence-corrected chi connectivity index (χ1v) is 11.9. The standard InChI is InChI=1S/C28H26N2O3/c1-2-6-19(7-3-1)20-12-14-28(15-13-20)30-24(22-8-4-5-9-25(22)33-28)17-23(29-30)21-10-11-26-27(16-21)32-18-31-26/h1-11,16,20,24H,12-15,17-18H2/t20?,24-,28?/m1/s1. The molecule has 1 atom stereocenters. The van der Waals surface area contributed by atoms with Gasteiger partial charge in [-0.05, 0) is 48.6 Å². The van der Waals surface area contributed by atoms with Crippen LogP contribution < -0.4 is 14.2 Å². The number of para-hydroxylation sites is 1. The van der Waals surface area contributed by atoms with Crippen LogP contribution in [0.25, 0.3) is 0 Å². The molecule has 166 valence electrons. The van der Waals surface area contributed by atoms with Crippen molar-refractivity contribution in [3.8, 4) is 17.2 Å². The van der Waals surface area contributed by atoms with Crippen molar-refractivity contribution < 1.29 is 14.2 Å². The lowest BCUT2D eigenvalue weighted by molar-refractivity contribution is -0.142. The monoisotopic (exact) mass is 438 g/mol. The van der Waals surface area contributed by atoms with Crippen molar-refractivity contribution in [1.29, 1.82) is 0 Å². The van der Waals surface area contributed by atoms with Crippen LogP contribution in [0, 0.1) is 0 Å². The van der Waals surface area contributed by atoms with Crippen LogP contribution in [-0.4, -0.2) is 23.2 Å². The number of fused-ring (bicyclic) bond motifs is 5. The van der Waals surface area contributed by atoms with Crippen LogP contribution in [0.1, 0.15) is 60.8 Å². The van der Waals surface area contributed by atoms with Crippen LogP contribution in [0.4, 0.5) is 0 Å².